The van der Waals surface area contributed by atoms with Crippen molar-refractivity contribution in [3.8, 4) is 0 Å². The molecule has 23 heavy (non-hydrogen) atoms. The molecule has 6 heteroatoms. The topological polar surface area (TPSA) is 51.7 Å². The number of amides is 1. The molecule has 128 valence electrons. The second kappa shape index (κ2) is 6.87. The predicted molar refractivity (Wildman–Crippen MR) is 89.4 cm³/mol. The van der Waals surface area contributed by atoms with Gasteiger partial charge in [-0.05, 0) is 19.3 Å². The van der Waals surface area contributed by atoms with Crippen LogP contribution in [0.4, 0.5) is 0 Å². The first-order valence-electron chi connectivity index (χ1n) is 8.40. The van der Waals surface area contributed by atoms with E-state index in [1.807, 2.05) is 11.8 Å². The van der Waals surface area contributed by atoms with Gasteiger partial charge in [-0.25, -0.2) is 4.98 Å². The first kappa shape index (κ1) is 16.9. The maximum atomic E-state index is 12.1. The number of rotatable bonds is 5. The van der Waals surface area contributed by atoms with Crippen LogP contribution >= 0.6 is 11.3 Å². The number of likely N-dealkylation sites (tertiary alicyclic amines) is 1. The first-order chi connectivity index (χ1) is 11.0. The number of aromatic nitrogens is 1. The Bertz CT molecular complexity index is 552. The van der Waals surface area contributed by atoms with Gasteiger partial charge in [0.15, 0.2) is 0 Å². The Morgan fingerprint density at radius 1 is 1.57 bits per heavy atom. The Labute approximate surface area is 142 Å². The van der Waals surface area contributed by atoms with Crippen LogP contribution in [0.5, 0.6) is 0 Å². The van der Waals surface area contributed by atoms with Gasteiger partial charge in [0.25, 0.3) is 0 Å². The molecule has 2 saturated heterocycles. The third kappa shape index (κ3) is 4.11. The van der Waals surface area contributed by atoms with E-state index >= 15 is 0 Å². The van der Waals surface area contributed by atoms with E-state index in [9.17, 15) is 4.79 Å². The van der Waals surface area contributed by atoms with Crippen LogP contribution < -0.4 is 0 Å². The molecule has 1 unspecified atom stereocenters. The molecule has 0 N–H and O–H groups in total. The number of hydrogen-bond donors (Lipinski definition) is 0. The van der Waals surface area contributed by atoms with Gasteiger partial charge in [0.2, 0.25) is 5.91 Å². The molecule has 2 fully saturated rings. The molecule has 1 atom stereocenters. The number of carbonyl (C=O) groups excluding carboxylic acids is 1. The van der Waals surface area contributed by atoms with Gasteiger partial charge in [-0.3, -0.25) is 4.79 Å². The highest BCUT2D eigenvalue weighted by Gasteiger charge is 2.49. The molecule has 0 saturated carbocycles. The van der Waals surface area contributed by atoms with Crippen LogP contribution in [-0.2, 0) is 20.9 Å². The zero-order valence-corrected chi connectivity index (χ0v) is 15.0. The average Bonchev–Trinajstić information content (AvgIpc) is 2.87. The van der Waals surface area contributed by atoms with E-state index in [-0.39, 0.29) is 17.6 Å². The standard InChI is InChI=1S/C17H26N2O3S/c1-12(2)6-16(20)19-10-17(11-19)7-15(4-5-22-17)21-8-14-9-23-13(3)18-14/h9,12,15H,4-8,10-11H2,1-3H3. The van der Waals surface area contributed by atoms with E-state index in [2.05, 4.69) is 24.2 Å². The summed E-state index contributed by atoms with van der Waals surface area (Å²) in [4.78, 5) is 18.4. The lowest BCUT2D eigenvalue weighted by molar-refractivity contribution is -0.203. The average molecular weight is 338 g/mol. The van der Waals surface area contributed by atoms with Crippen LogP contribution in [0.1, 0.15) is 43.8 Å². The van der Waals surface area contributed by atoms with Crippen LogP contribution in [0.25, 0.3) is 0 Å². The normalized spacial score (nSPS) is 23.3. The lowest BCUT2D eigenvalue weighted by Gasteiger charge is -2.53. The van der Waals surface area contributed by atoms with Crippen molar-refractivity contribution in [3.63, 3.8) is 0 Å². The minimum atomic E-state index is -0.173. The molecule has 3 rings (SSSR count). The van der Waals surface area contributed by atoms with Crippen LogP contribution in [0.15, 0.2) is 5.38 Å². The third-order valence-corrected chi connectivity index (χ3v) is 5.30. The molecule has 3 heterocycles. The summed E-state index contributed by atoms with van der Waals surface area (Å²) in [5, 5.41) is 3.13. The largest absolute Gasteiger partial charge is 0.372 e. The van der Waals surface area contributed by atoms with E-state index in [1.165, 1.54) is 0 Å². The summed E-state index contributed by atoms with van der Waals surface area (Å²) in [5.74, 6) is 0.652. The molecule has 0 aromatic carbocycles. The summed E-state index contributed by atoms with van der Waals surface area (Å²) in [5.41, 5.74) is 0.837. The van der Waals surface area contributed by atoms with E-state index in [4.69, 9.17) is 9.47 Å². The van der Waals surface area contributed by atoms with Crippen molar-refractivity contribution in [2.75, 3.05) is 19.7 Å². The number of aryl methyl sites for hydroxylation is 1. The molecule has 0 aliphatic carbocycles. The fraction of sp³-hybridized carbons (Fsp3) is 0.765. The van der Waals surface area contributed by atoms with E-state index in [0.29, 0.717) is 38.6 Å². The highest BCUT2D eigenvalue weighted by atomic mass is 32.1. The Balaban J connectivity index is 1.46. The Kier molecular flexibility index (Phi) is 5.04. The van der Waals surface area contributed by atoms with Gasteiger partial charge in [-0.1, -0.05) is 13.8 Å². The smallest absolute Gasteiger partial charge is 0.223 e. The van der Waals surface area contributed by atoms with Gasteiger partial charge in [0.05, 0.1) is 36.5 Å². The summed E-state index contributed by atoms with van der Waals surface area (Å²) in [6.07, 6.45) is 2.62. The van der Waals surface area contributed by atoms with Crippen LogP contribution in [0.3, 0.4) is 0 Å². The zero-order valence-electron chi connectivity index (χ0n) is 14.2. The van der Waals surface area contributed by atoms with Gasteiger partial charge in [0, 0.05) is 24.8 Å². The molecular weight excluding hydrogens is 312 g/mol. The summed E-state index contributed by atoms with van der Waals surface area (Å²) >= 11 is 1.65. The van der Waals surface area contributed by atoms with Gasteiger partial charge < -0.3 is 14.4 Å². The summed E-state index contributed by atoms with van der Waals surface area (Å²) < 4.78 is 12.0. The van der Waals surface area contributed by atoms with Crippen molar-refractivity contribution in [1.29, 1.82) is 0 Å². The molecule has 2 aliphatic rings. The Hall–Kier alpha value is -0.980. The van der Waals surface area contributed by atoms with Crippen LogP contribution in [-0.4, -0.2) is 47.2 Å². The summed E-state index contributed by atoms with van der Waals surface area (Å²) in [6, 6.07) is 0. The maximum Gasteiger partial charge on any atom is 0.223 e. The van der Waals surface area contributed by atoms with Gasteiger partial charge in [0.1, 0.15) is 5.60 Å². The van der Waals surface area contributed by atoms with Crippen molar-refractivity contribution in [2.24, 2.45) is 5.92 Å². The van der Waals surface area contributed by atoms with Crippen molar-refractivity contribution < 1.29 is 14.3 Å². The maximum absolute atomic E-state index is 12.1. The molecule has 0 radical (unpaired) electrons. The second-order valence-corrected chi connectivity index (χ2v) is 8.23. The molecule has 0 bridgehead atoms. The second-order valence-electron chi connectivity index (χ2n) is 7.16. The minimum Gasteiger partial charge on any atom is -0.372 e. The molecule has 1 spiro atoms. The number of carbonyl (C=O) groups is 1. The molecule has 5 nitrogen and oxygen atoms in total. The van der Waals surface area contributed by atoms with Crippen molar-refractivity contribution in [1.82, 2.24) is 9.88 Å². The first-order valence-corrected chi connectivity index (χ1v) is 9.28. The molecule has 2 aliphatic heterocycles. The summed E-state index contributed by atoms with van der Waals surface area (Å²) in [7, 11) is 0. The minimum absolute atomic E-state index is 0.173. The Morgan fingerprint density at radius 3 is 3.00 bits per heavy atom. The van der Waals surface area contributed by atoms with Crippen LogP contribution in [0.2, 0.25) is 0 Å². The van der Waals surface area contributed by atoms with E-state index in [0.717, 1.165) is 23.5 Å². The van der Waals surface area contributed by atoms with E-state index in [1.54, 1.807) is 11.3 Å². The molecule has 1 aromatic heterocycles. The Morgan fingerprint density at radius 2 is 2.35 bits per heavy atom. The SMILES string of the molecule is Cc1nc(COC2CCOC3(C2)CN(C(=O)CC(C)C)C3)cs1. The zero-order chi connectivity index (χ0) is 16.4. The summed E-state index contributed by atoms with van der Waals surface area (Å²) in [6.45, 7) is 8.88. The highest BCUT2D eigenvalue weighted by Crippen LogP contribution is 2.36. The fourth-order valence-electron chi connectivity index (χ4n) is 3.33. The molecule has 1 amide bonds. The lowest BCUT2D eigenvalue weighted by atomic mass is 9.84. The number of ether oxygens (including phenoxy) is 2. The third-order valence-electron chi connectivity index (χ3n) is 4.47. The highest BCUT2D eigenvalue weighted by molar-refractivity contribution is 7.09. The van der Waals surface area contributed by atoms with Crippen LogP contribution in [0, 0.1) is 12.8 Å². The number of hydrogen-bond acceptors (Lipinski definition) is 5. The number of nitrogens with zero attached hydrogens (tertiary/aromatic N) is 2. The van der Waals surface area contributed by atoms with Crippen molar-refractivity contribution >= 4 is 17.2 Å². The van der Waals surface area contributed by atoms with Crippen molar-refractivity contribution in [2.45, 2.75) is 58.3 Å². The quantitative estimate of drug-likeness (QED) is 0.828. The fourth-order valence-corrected chi connectivity index (χ4v) is 3.92. The lowest BCUT2D eigenvalue weighted by Crippen LogP contribution is -2.67. The number of thiazole rings is 1. The van der Waals surface area contributed by atoms with Crippen molar-refractivity contribution in [3.05, 3.63) is 16.1 Å². The molecular formula is C17H26N2O3S. The van der Waals surface area contributed by atoms with Gasteiger partial charge in [-0.15, -0.1) is 11.3 Å². The van der Waals surface area contributed by atoms with Gasteiger partial charge >= 0.3 is 0 Å². The molecule has 1 aromatic rings. The van der Waals surface area contributed by atoms with Gasteiger partial charge in [-0.2, -0.15) is 0 Å². The predicted octanol–water partition coefficient (Wildman–Crippen LogP) is 2.77. The van der Waals surface area contributed by atoms with E-state index < -0.39 is 0 Å². The monoisotopic (exact) mass is 338 g/mol.